The molecule has 0 saturated heterocycles. The molecule has 0 aliphatic heterocycles. The molecule has 3 aliphatic rings. The summed E-state index contributed by atoms with van der Waals surface area (Å²) in [4.78, 5) is 11.8. The van der Waals surface area contributed by atoms with Gasteiger partial charge in [-0.2, -0.15) is 0 Å². The fraction of sp³-hybridized carbons (Fsp3) is 0.963. The molecule has 3 N–H and O–H groups in total. The molecule has 3 nitrogen and oxygen atoms in total. The first-order valence-corrected chi connectivity index (χ1v) is 13.0. The molecular formula is C27H49NO2. The molecule has 0 spiro atoms. The number of primary amides is 1. The molecule has 174 valence electrons. The summed E-state index contributed by atoms with van der Waals surface area (Å²) in [5.74, 6) is 4.97. The summed E-state index contributed by atoms with van der Waals surface area (Å²) in [6.07, 6.45) is 13.3. The first-order chi connectivity index (χ1) is 14.1. The number of carbonyl (C=O) groups excluding carboxylic acids is 1. The summed E-state index contributed by atoms with van der Waals surface area (Å²) in [5, 5.41) is 9.88. The van der Waals surface area contributed by atoms with Crippen LogP contribution in [-0.4, -0.2) is 17.6 Å². The third kappa shape index (κ3) is 4.48. The van der Waals surface area contributed by atoms with Crippen LogP contribution in [0.2, 0.25) is 0 Å². The molecule has 3 rings (SSSR count). The number of carbonyl (C=O) groups is 1. The van der Waals surface area contributed by atoms with Crippen LogP contribution in [0.4, 0.5) is 0 Å². The van der Waals surface area contributed by atoms with E-state index in [0.29, 0.717) is 23.7 Å². The normalized spacial score (nSPS) is 42.0. The summed E-state index contributed by atoms with van der Waals surface area (Å²) in [7, 11) is 0. The van der Waals surface area contributed by atoms with Crippen molar-refractivity contribution in [1.82, 2.24) is 0 Å². The predicted octanol–water partition coefficient (Wildman–Crippen LogP) is 6.18. The first-order valence-electron chi connectivity index (χ1n) is 13.0. The van der Waals surface area contributed by atoms with Gasteiger partial charge in [-0.3, -0.25) is 4.79 Å². The summed E-state index contributed by atoms with van der Waals surface area (Å²) in [6, 6.07) is 0. The van der Waals surface area contributed by atoms with Gasteiger partial charge in [0, 0.05) is 13.0 Å². The van der Waals surface area contributed by atoms with E-state index in [2.05, 4.69) is 34.6 Å². The lowest BCUT2D eigenvalue weighted by molar-refractivity contribution is -0.129. The number of aliphatic hydroxyl groups is 1. The van der Waals surface area contributed by atoms with Crippen molar-refractivity contribution < 1.29 is 9.90 Å². The largest absolute Gasteiger partial charge is 0.396 e. The zero-order valence-corrected chi connectivity index (χ0v) is 20.5. The van der Waals surface area contributed by atoms with Crippen LogP contribution in [0.1, 0.15) is 105 Å². The molecule has 8 atom stereocenters. The maximum atomic E-state index is 11.8. The monoisotopic (exact) mass is 419 g/mol. The number of rotatable bonds is 9. The lowest BCUT2D eigenvalue weighted by Gasteiger charge is -2.59. The molecule has 3 heteroatoms. The number of hydrogen-bond donors (Lipinski definition) is 2. The Labute approximate surface area is 186 Å². The van der Waals surface area contributed by atoms with Crippen LogP contribution in [0.25, 0.3) is 0 Å². The van der Waals surface area contributed by atoms with E-state index in [9.17, 15) is 9.90 Å². The molecule has 0 aromatic heterocycles. The number of nitrogens with two attached hydrogens (primary N) is 1. The van der Waals surface area contributed by atoms with Crippen molar-refractivity contribution in [2.24, 2.45) is 58.0 Å². The van der Waals surface area contributed by atoms with Crippen molar-refractivity contribution in [2.75, 3.05) is 6.61 Å². The third-order valence-corrected chi connectivity index (χ3v) is 10.4. The van der Waals surface area contributed by atoms with Crippen LogP contribution in [0.3, 0.4) is 0 Å². The van der Waals surface area contributed by atoms with E-state index in [1.54, 1.807) is 0 Å². The van der Waals surface area contributed by atoms with Gasteiger partial charge in [-0.05, 0) is 97.2 Å². The minimum absolute atomic E-state index is 0.0645. The Kier molecular flexibility index (Phi) is 7.63. The van der Waals surface area contributed by atoms with Crippen molar-refractivity contribution in [3.8, 4) is 0 Å². The molecule has 0 aromatic carbocycles. The van der Waals surface area contributed by atoms with Crippen molar-refractivity contribution >= 4 is 5.91 Å². The van der Waals surface area contributed by atoms with Crippen LogP contribution >= 0.6 is 0 Å². The van der Waals surface area contributed by atoms with E-state index < -0.39 is 0 Å². The Bertz CT molecular complexity index is 589. The van der Waals surface area contributed by atoms with Gasteiger partial charge >= 0.3 is 0 Å². The standard InChI is InChI=1S/C27H49NO2/c1-18(2)7-6-8-19(3)22-11-12-23-21-10-9-20(17-25(28)30)26(4,15-16-29)24(21)13-14-27(22,23)5/h18-24,29H,6-17H2,1-5H3,(H2,28,30)/t19-,20+,21?,22-,23?,24?,26+,27-/m1/s1. The van der Waals surface area contributed by atoms with Gasteiger partial charge in [0.1, 0.15) is 0 Å². The SMILES string of the molecule is CC(C)CCC[C@@H](C)[C@H]1CCC2C3CC[C@@H](CC(N)=O)[C@](C)(CCO)C3CC[C@@]21C. The van der Waals surface area contributed by atoms with Crippen molar-refractivity contribution in [3.05, 3.63) is 0 Å². The highest BCUT2D eigenvalue weighted by Gasteiger charge is 2.59. The molecule has 0 radical (unpaired) electrons. The molecular weight excluding hydrogens is 370 g/mol. The quantitative estimate of drug-likeness (QED) is 0.468. The van der Waals surface area contributed by atoms with Gasteiger partial charge in [0.05, 0.1) is 0 Å². The van der Waals surface area contributed by atoms with E-state index >= 15 is 0 Å². The van der Waals surface area contributed by atoms with Gasteiger partial charge in [-0.15, -0.1) is 0 Å². The van der Waals surface area contributed by atoms with E-state index in [0.717, 1.165) is 42.4 Å². The van der Waals surface area contributed by atoms with Gasteiger partial charge in [0.25, 0.3) is 0 Å². The summed E-state index contributed by atoms with van der Waals surface area (Å²) in [6.45, 7) is 12.4. The van der Waals surface area contributed by atoms with Gasteiger partial charge in [0.15, 0.2) is 0 Å². The lowest BCUT2D eigenvalue weighted by Crippen LogP contribution is -2.53. The minimum Gasteiger partial charge on any atom is -0.396 e. The Hall–Kier alpha value is -0.570. The van der Waals surface area contributed by atoms with Crippen LogP contribution < -0.4 is 5.73 Å². The molecule has 3 fully saturated rings. The fourth-order valence-corrected chi connectivity index (χ4v) is 8.77. The molecule has 0 heterocycles. The van der Waals surface area contributed by atoms with Crippen molar-refractivity contribution in [3.63, 3.8) is 0 Å². The number of hydrogen-bond acceptors (Lipinski definition) is 2. The summed E-state index contributed by atoms with van der Waals surface area (Å²) >= 11 is 0. The highest BCUT2D eigenvalue weighted by molar-refractivity contribution is 5.74. The van der Waals surface area contributed by atoms with Gasteiger partial charge in [-0.1, -0.05) is 53.9 Å². The maximum Gasteiger partial charge on any atom is 0.217 e. The van der Waals surface area contributed by atoms with Gasteiger partial charge < -0.3 is 10.8 Å². The average Bonchev–Trinajstić information content (AvgIpc) is 3.01. The molecule has 3 unspecified atom stereocenters. The van der Waals surface area contributed by atoms with Crippen molar-refractivity contribution in [2.45, 2.75) is 105 Å². The van der Waals surface area contributed by atoms with Crippen LogP contribution in [0.15, 0.2) is 0 Å². The smallest absolute Gasteiger partial charge is 0.217 e. The molecule has 3 aliphatic carbocycles. The number of fused-ring (bicyclic) bond motifs is 3. The van der Waals surface area contributed by atoms with Crippen LogP contribution in [0.5, 0.6) is 0 Å². The molecule has 0 bridgehead atoms. The average molecular weight is 420 g/mol. The first kappa shape index (κ1) is 24.1. The molecule has 3 saturated carbocycles. The topological polar surface area (TPSA) is 63.3 Å². The third-order valence-electron chi connectivity index (χ3n) is 10.4. The minimum atomic E-state index is -0.167. The predicted molar refractivity (Wildman–Crippen MR) is 125 cm³/mol. The van der Waals surface area contributed by atoms with Crippen LogP contribution in [0, 0.1) is 52.3 Å². The maximum absolute atomic E-state index is 11.8. The highest BCUT2D eigenvalue weighted by Crippen LogP contribution is 2.67. The second kappa shape index (κ2) is 9.51. The van der Waals surface area contributed by atoms with Gasteiger partial charge in [0.2, 0.25) is 5.91 Å². The zero-order chi connectivity index (χ0) is 22.1. The lowest BCUT2D eigenvalue weighted by atomic mass is 9.45. The Morgan fingerprint density at radius 3 is 2.40 bits per heavy atom. The summed E-state index contributed by atoms with van der Waals surface area (Å²) < 4.78 is 0. The fourth-order valence-electron chi connectivity index (χ4n) is 8.77. The second-order valence-electron chi connectivity index (χ2n) is 12.3. The van der Waals surface area contributed by atoms with E-state index in [-0.39, 0.29) is 17.9 Å². The number of amides is 1. The molecule has 1 amide bonds. The number of aliphatic hydroxyl groups excluding tert-OH is 1. The Morgan fingerprint density at radius 1 is 1.03 bits per heavy atom. The van der Waals surface area contributed by atoms with E-state index in [1.807, 2.05) is 0 Å². The zero-order valence-electron chi connectivity index (χ0n) is 20.5. The molecule has 30 heavy (non-hydrogen) atoms. The Morgan fingerprint density at radius 2 is 1.77 bits per heavy atom. The van der Waals surface area contributed by atoms with Crippen LogP contribution in [-0.2, 0) is 4.79 Å². The van der Waals surface area contributed by atoms with E-state index in [1.165, 1.54) is 51.4 Å². The van der Waals surface area contributed by atoms with E-state index in [4.69, 9.17) is 5.73 Å². The summed E-state index contributed by atoms with van der Waals surface area (Å²) in [5.41, 5.74) is 6.18. The van der Waals surface area contributed by atoms with Gasteiger partial charge in [-0.25, -0.2) is 0 Å². The second-order valence-corrected chi connectivity index (χ2v) is 12.3. The Balaban J connectivity index is 1.75. The highest BCUT2D eigenvalue weighted by atomic mass is 16.3. The van der Waals surface area contributed by atoms with Crippen molar-refractivity contribution in [1.29, 1.82) is 0 Å². The molecule has 0 aromatic rings.